The van der Waals surface area contributed by atoms with Gasteiger partial charge in [0, 0.05) is 24.4 Å². The first-order valence-corrected chi connectivity index (χ1v) is 9.17. The van der Waals surface area contributed by atoms with Crippen LogP contribution in [-0.2, 0) is 11.2 Å². The second-order valence-corrected chi connectivity index (χ2v) is 8.25. The van der Waals surface area contributed by atoms with Crippen LogP contribution in [0.25, 0.3) is 0 Å². The zero-order chi connectivity index (χ0) is 17.5. The molecule has 2 aromatic rings. The van der Waals surface area contributed by atoms with Crippen LogP contribution >= 0.6 is 31.9 Å². The number of aromatic amines is 2. The summed E-state index contributed by atoms with van der Waals surface area (Å²) < 4.78 is 7.10. The number of fused-ring (bicyclic) bond motifs is 1. The maximum absolute atomic E-state index is 11.9. The molecular weight excluding hydrogens is 442 g/mol. The minimum atomic E-state index is -0.552. The van der Waals surface area contributed by atoms with E-state index in [9.17, 15) is 4.79 Å². The highest BCUT2D eigenvalue weighted by Gasteiger charge is 2.28. The monoisotopic (exact) mass is 459 g/mol. The van der Waals surface area contributed by atoms with E-state index in [4.69, 9.17) is 4.74 Å². The van der Waals surface area contributed by atoms with Crippen LogP contribution in [0, 0.1) is 0 Å². The normalized spacial score (nSPS) is 17.5. The summed E-state index contributed by atoms with van der Waals surface area (Å²) in [5.41, 5.74) is 2.31. The average molecular weight is 461 g/mol. The van der Waals surface area contributed by atoms with E-state index in [2.05, 4.69) is 57.4 Å². The fourth-order valence-electron chi connectivity index (χ4n) is 2.59. The Labute approximate surface area is 156 Å². The molecule has 130 valence electrons. The van der Waals surface area contributed by atoms with Gasteiger partial charge in [-0.2, -0.15) is 0 Å². The highest BCUT2D eigenvalue weighted by atomic mass is 79.9. The number of amides is 1. The molecule has 1 amide bonds. The highest BCUT2D eigenvalue weighted by molar-refractivity contribution is 9.13. The largest absolute Gasteiger partial charge is 0.444 e. The molecule has 0 spiro atoms. The van der Waals surface area contributed by atoms with Crippen LogP contribution in [0.5, 0.6) is 0 Å². The first-order chi connectivity index (χ1) is 11.2. The number of carbonyl (C=O) groups is 1. The molecule has 1 aliphatic heterocycles. The number of H-pyrrole nitrogens is 2. The van der Waals surface area contributed by atoms with Gasteiger partial charge in [0.25, 0.3) is 0 Å². The Hall–Kier alpha value is -1.32. The Morgan fingerprint density at radius 3 is 2.75 bits per heavy atom. The summed E-state index contributed by atoms with van der Waals surface area (Å²) in [4.78, 5) is 22.9. The number of anilines is 1. The number of rotatable bonds is 2. The smallest absolute Gasteiger partial charge is 0.414 e. The topological polar surface area (TPSA) is 94.8 Å². The number of ether oxygens (including phenoxy) is 1. The maximum Gasteiger partial charge on any atom is 0.414 e. The molecule has 24 heavy (non-hydrogen) atoms. The minimum absolute atomic E-state index is 0.0678. The van der Waals surface area contributed by atoms with E-state index in [0.717, 1.165) is 39.1 Å². The molecule has 4 N–H and O–H groups in total. The fourth-order valence-corrected chi connectivity index (χ4v) is 3.27. The SMILES string of the molecule is CC(C)(C)OC(=O)Nc1nc2c([nH]1)CCNC2c1cc(Br)c(Br)[nH]1. The van der Waals surface area contributed by atoms with Gasteiger partial charge in [0.2, 0.25) is 5.95 Å². The van der Waals surface area contributed by atoms with Crippen LogP contribution in [0.1, 0.15) is 43.9 Å². The lowest BCUT2D eigenvalue weighted by atomic mass is 10.0. The zero-order valence-electron chi connectivity index (χ0n) is 13.6. The van der Waals surface area contributed by atoms with Crippen LogP contribution in [0.4, 0.5) is 10.7 Å². The lowest BCUT2D eigenvalue weighted by Crippen LogP contribution is -2.30. The van der Waals surface area contributed by atoms with Gasteiger partial charge in [-0.3, -0.25) is 5.32 Å². The first kappa shape index (κ1) is 17.5. The molecule has 1 unspecified atom stereocenters. The average Bonchev–Trinajstić information content (AvgIpc) is 2.99. The quantitative estimate of drug-likeness (QED) is 0.547. The third-order valence-corrected chi connectivity index (χ3v) is 5.27. The number of imidazole rings is 1. The van der Waals surface area contributed by atoms with Crippen molar-refractivity contribution in [3.05, 3.63) is 32.2 Å². The first-order valence-electron chi connectivity index (χ1n) is 7.59. The molecule has 3 heterocycles. The predicted molar refractivity (Wildman–Crippen MR) is 98.2 cm³/mol. The van der Waals surface area contributed by atoms with Gasteiger partial charge in [-0.05, 0) is 58.7 Å². The highest BCUT2D eigenvalue weighted by Crippen LogP contribution is 2.32. The molecule has 0 aliphatic carbocycles. The Kier molecular flexibility index (Phi) is 4.76. The van der Waals surface area contributed by atoms with Crippen LogP contribution in [-0.4, -0.2) is 33.2 Å². The fraction of sp³-hybridized carbons (Fsp3) is 0.467. The molecule has 1 atom stereocenters. The number of hydrogen-bond acceptors (Lipinski definition) is 4. The van der Waals surface area contributed by atoms with Crippen molar-refractivity contribution in [2.45, 2.75) is 38.8 Å². The minimum Gasteiger partial charge on any atom is -0.444 e. The van der Waals surface area contributed by atoms with Gasteiger partial charge in [-0.1, -0.05) is 0 Å². The number of carbonyl (C=O) groups excluding carboxylic acids is 1. The number of halogens is 2. The Morgan fingerprint density at radius 1 is 1.38 bits per heavy atom. The van der Waals surface area contributed by atoms with Crippen LogP contribution < -0.4 is 10.6 Å². The van der Waals surface area contributed by atoms with Gasteiger partial charge in [-0.25, -0.2) is 9.78 Å². The predicted octanol–water partition coefficient (Wildman–Crippen LogP) is 3.84. The third-order valence-electron chi connectivity index (χ3n) is 3.48. The lowest BCUT2D eigenvalue weighted by molar-refractivity contribution is 0.0635. The van der Waals surface area contributed by atoms with Crippen LogP contribution in [0.15, 0.2) is 15.1 Å². The molecule has 0 radical (unpaired) electrons. The lowest BCUT2D eigenvalue weighted by Gasteiger charge is -2.21. The van der Waals surface area contributed by atoms with Crippen molar-refractivity contribution in [2.75, 3.05) is 11.9 Å². The second-order valence-electron chi connectivity index (χ2n) is 6.60. The van der Waals surface area contributed by atoms with E-state index < -0.39 is 11.7 Å². The summed E-state index contributed by atoms with van der Waals surface area (Å²) in [5.74, 6) is 0.396. The molecule has 7 nitrogen and oxygen atoms in total. The van der Waals surface area contributed by atoms with Gasteiger partial charge in [0.15, 0.2) is 0 Å². The van der Waals surface area contributed by atoms with E-state index in [1.165, 1.54) is 0 Å². The summed E-state index contributed by atoms with van der Waals surface area (Å²) in [6.07, 6.45) is 0.293. The van der Waals surface area contributed by atoms with Gasteiger partial charge in [0.1, 0.15) is 5.60 Å². The summed E-state index contributed by atoms with van der Waals surface area (Å²) >= 11 is 6.94. The Morgan fingerprint density at radius 2 is 2.12 bits per heavy atom. The van der Waals surface area contributed by atoms with E-state index in [0.29, 0.717) is 5.95 Å². The van der Waals surface area contributed by atoms with Gasteiger partial charge < -0.3 is 20.0 Å². The maximum atomic E-state index is 11.9. The van der Waals surface area contributed by atoms with E-state index in [1.807, 2.05) is 26.8 Å². The summed E-state index contributed by atoms with van der Waals surface area (Å²) in [7, 11) is 0. The van der Waals surface area contributed by atoms with Gasteiger partial charge in [-0.15, -0.1) is 0 Å². The molecule has 9 heteroatoms. The van der Waals surface area contributed by atoms with Crippen LogP contribution in [0.3, 0.4) is 0 Å². The third kappa shape index (κ3) is 3.84. The molecular formula is C15H19Br2N5O2. The van der Waals surface area contributed by atoms with Gasteiger partial charge >= 0.3 is 6.09 Å². The van der Waals surface area contributed by atoms with Gasteiger partial charge in [0.05, 0.1) is 20.8 Å². The molecule has 1 aliphatic rings. The molecule has 0 bridgehead atoms. The molecule has 3 rings (SSSR count). The molecule has 2 aromatic heterocycles. The van der Waals surface area contributed by atoms with Crippen molar-refractivity contribution >= 4 is 43.9 Å². The zero-order valence-corrected chi connectivity index (χ0v) is 16.8. The number of nitrogens with one attached hydrogen (secondary N) is 4. The van der Waals surface area contributed by atoms with Crippen molar-refractivity contribution in [1.29, 1.82) is 0 Å². The molecule has 0 fully saturated rings. The van der Waals surface area contributed by atoms with Crippen molar-refractivity contribution in [2.24, 2.45) is 0 Å². The summed E-state index contributed by atoms with van der Waals surface area (Å²) in [6.45, 7) is 6.28. The Balaban J connectivity index is 1.81. The van der Waals surface area contributed by atoms with Crippen molar-refractivity contribution < 1.29 is 9.53 Å². The molecule has 0 aromatic carbocycles. The van der Waals surface area contributed by atoms with E-state index >= 15 is 0 Å². The van der Waals surface area contributed by atoms with Crippen molar-refractivity contribution in [3.8, 4) is 0 Å². The standard InChI is InChI=1S/C15H19Br2N5O2/c1-15(2,3)24-14(23)22-13-20-8-4-5-18-10(11(8)21-13)9-6-7(16)12(17)19-9/h6,10,18-19H,4-5H2,1-3H3,(H2,20,21,22,23). The number of nitrogens with zero attached hydrogens (tertiary/aromatic N) is 1. The molecule has 0 saturated carbocycles. The van der Waals surface area contributed by atoms with E-state index in [-0.39, 0.29) is 6.04 Å². The Bertz CT molecular complexity index is 743. The van der Waals surface area contributed by atoms with Crippen molar-refractivity contribution in [3.63, 3.8) is 0 Å². The summed E-state index contributed by atoms with van der Waals surface area (Å²) in [6, 6.07) is 1.94. The number of aromatic nitrogens is 3. The van der Waals surface area contributed by atoms with Crippen molar-refractivity contribution in [1.82, 2.24) is 20.3 Å². The van der Waals surface area contributed by atoms with Crippen LogP contribution in [0.2, 0.25) is 0 Å². The number of hydrogen-bond donors (Lipinski definition) is 4. The second kappa shape index (κ2) is 6.53. The summed E-state index contributed by atoms with van der Waals surface area (Å²) in [5, 5.41) is 6.10. The molecule has 0 saturated heterocycles. The van der Waals surface area contributed by atoms with E-state index in [1.54, 1.807) is 0 Å².